The van der Waals surface area contributed by atoms with Crippen molar-refractivity contribution in [1.29, 1.82) is 0 Å². The molecule has 2 heterocycles. The summed E-state index contributed by atoms with van der Waals surface area (Å²) in [6.07, 6.45) is 6.85. The van der Waals surface area contributed by atoms with Gasteiger partial charge in [0.25, 0.3) is 0 Å². The molecule has 6 nitrogen and oxygen atoms in total. The highest BCUT2D eigenvalue weighted by Crippen LogP contribution is 2.31. The number of rotatable bonds is 5. The van der Waals surface area contributed by atoms with Gasteiger partial charge in [-0.3, -0.25) is 0 Å². The summed E-state index contributed by atoms with van der Waals surface area (Å²) in [4.78, 5) is 19.1. The number of ether oxygens (including phenoxy) is 1. The highest BCUT2D eigenvalue weighted by atomic mass is 16.5. The first-order valence-corrected chi connectivity index (χ1v) is 9.03. The van der Waals surface area contributed by atoms with Crippen molar-refractivity contribution in [2.75, 3.05) is 18.5 Å². The highest BCUT2D eigenvalue weighted by molar-refractivity contribution is 5.89. The van der Waals surface area contributed by atoms with Gasteiger partial charge in [0.05, 0.1) is 30.9 Å². The number of aromatic nitrogens is 2. The Morgan fingerprint density at radius 3 is 3.04 bits per heavy atom. The molecule has 0 saturated carbocycles. The van der Waals surface area contributed by atoms with Crippen molar-refractivity contribution in [1.82, 2.24) is 14.5 Å². The predicted octanol–water partition coefficient (Wildman–Crippen LogP) is 4.06. The lowest BCUT2D eigenvalue weighted by atomic mass is 10.00. The molecule has 1 aromatic heterocycles. The van der Waals surface area contributed by atoms with Crippen LogP contribution in [0.4, 0.5) is 10.5 Å². The predicted molar refractivity (Wildman–Crippen MR) is 97.8 cm³/mol. The van der Waals surface area contributed by atoms with E-state index in [1.165, 1.54) is 0 Å². The molecule has 0 aliphatic carbocycles. The van der Waals surface area contributed by atoms with Gasteiger partial charge in [-0.2, -0.15) is 0 Å². The van der Waals surface area contributed by atoms with Gasteiger partial charge in [0.15, 0.2) is 0 Å². The number of anilines is 1. The summed E-state index contributed by atoms with van der Waals surface area (Å²) < 4.78 is 7.62. The van der Waals surface area contributed by atoms with Crippen LogP contribution >= 0.6 is 0 Å². The van der Waals surface area contributed by atoms with E-state index >= 15 is 0 Å². The second kappa shape index (κ2) is 8.05. The number of piperidine rings is 1. The normalized spacial score (nSPS) is 17.4. The summed E-state index contributed by atoms with van der Waals surface area (Å²) in [5, 5.41) is 3.02. The maximum absolute atomic E-state index is 12.9. The summed E-state index contributed by atoms with van der Waals surface area (Å²) >= 11 is 0. The van der Waals surface area contributed by atoms with E-state index in [4.69, 9.17) is 4.74 Å². The second-order valence-electron chi connectivity index (χ2n) is 6.20. The van der Waals surface area contributed by atoms with E-state index < -0.39 is 0 Å². The van der Waals surface area contributed by atoms with Crippen molar-refractivity contribution in [3.8, 4) is 5.75 Å². The number of urea groups is 1. The number of likely N-dealkylation sites (tertiary alicyclic amines) is 1. The van der Waals surface area contributed by atoms with Crippen LogP contribution < -0.4 is 10.1 Å². The Bertz CT molecular complexity index is 713. The summed E-state index contributed by atoms with van der Waals surface area (Å²) in [6.45, 7) is 6.26. The number of nitrogens with zero attached hydrogens (tertiary/aromatic N) is 3. The number of hydrogen-bond donors (Lipinski definition) is 1. The zero-order chi connectivity index (χ0) is 17.6. The number of aryl methyl sites for hydroxylation is 1. The fraction of sp³-hybridized carbons (Fsp3) is 0.474. The van der Waals surface area contributed by atoms with Crippen LogP contribution in [0.5, 0.6) is 5.75 Å². The number of hydrogen-bond acceptors (Lipinski definition) is 3. The number of imidazole rings is 1. The molecule has 2 aromatic rings. The van der Waals surface area contributed by atoms with Crippen LogP contribution in [0.15, 0.2) is 36.8 Å². The highest BCUT2D eigenvalue weighted by Gasteiger charge is 2.30. The van der Waals surface area contributed by atoms with Crippen LogP contribution in [-0.4, -0.2) is 33.6 Å². The SMILES string of the molecule is CCOc1cccc(NC(=O)N2CCCCC2c2cncn2CC)c1. The standard InChI is InChI=1S/C19H26N4O2/c1-3-22-14-20-13-18(22)17-10-5-6-11-23(17)19(24)21-15-8-7-9-16(12-15)25-4-2/h7-9,12-14,17H,3-6,10-11H2,1-2H3,(H,21,24). The Kier molecular flexibility index (Phi) is 5.58. The first-order chi connectivity index (χ1) is 12.2. The van der Waals surface area contributed by atoms with Gasteiger partial charge in [0.2, 0.25) is 0 Å². The zero-order valence-electron chi connectivity index (χ0n) is 14.9. The van der Waals surface area contributed by atoms with Crippen LogP contribution in [0.2, 0.25) is 0 Å². The smallest absolute Gasteiger partial charge is 0.322 e. The lowest BCUT2D eigenvalue weighted by Gasteiger charge is -2.36. The molecule has 2 amide bonds. The molecule has 1 aromatic carbocycles. The molecule has 3 rings (SSSR count). The average Bonchev–Trinajstić information content (AvgIpc) is 3.11. The number of carbonyl (C=O) groups is 1. The topological polar surface area (TPSA) is 59.4 Å². The fourth-order valence-electron chi connectivity index (χ4n) is 3.38. The van der Waals surface area contributed by atoms with Gasteiger partial charge < -0.3 is 19.5 Å². The van der Waals surface area contributed by atoms with E-state index in [-0.39, 0.29) is 12.1 Å². The van der Waals surface area contributed by atoms with Crippen molar-refractivity contribution >= 4 is 11.7 Å². The lowest BCUT2D eigenvalue weighted by molar-refractivity contribution is 0.159. The number of carbonyl (C=O) groups excluding carboxylic acids is 1. The summed E-state index contributed by atoms with van der Waals surface area (Å²) in [5.41, 5.74) is 1.87. The number of benzene rings is 1. The van der Waals surface area contributed by atoms with Gasteiger partial charge in [0.1, 0.15) is 5.75 Å². The Balaban J connectivity index is 1.76. The third kappa shape index (κ3) is 3.95. The molecular weight excluding hydrogens is 316 g/mol. The van der Waals surface area contributed by atoms with Crippen LogP contribution in [-0.2, 0) is 6.54 Å². The first-order valence-electron chi connectivity index (χ1n) is 9.03. The Morgan fingerprint density at radius 2 is 2.24 bits per heavy atom. The molecule has 25 heavy (non-hydrogen) atoms. The van der Waals surface area contributed by atoms with Crippen molar-refractivity contribution in [3.63, 3.8) is 0 Å². The molecule has 0 radical (unpaired) electrons. The van der Waals surface area contributed by atoms with E-state index in [2.05, 4.69) is 21.8 Å². The van der Waals surface area contributed by atoms with Crippen molar-refractivity contribution in [2.45, 2.75) is 45.7 Å². The van der Waals surface area contributed by atoms with Crippen molar-refractivity contribution in [3.05, 3.63) is 42.5 Å². The summed E-state index contributed by atoms with van der Waals surface area (Å²) in [5.74, 6) is 0.763. The minimum absolute atomic E-state index is 0.0674. The minimum Gasteiger partial charge on any atom is -0.494 e. The molecule has 134 valence electrons. The van der Waals surface area contributed by atoms with E-state index in [1.54, 1.807) is 0 Å². The second-order valence-corrected chi connectivity index (χ2v) is 6.20. The van der Waals surface area contributed by atoms with Gasteiger partial charge in [-0.15, -0.1) is 0 Å². The molecule has 6 heteroatoms. The van der Waals surface area contributed by atoms with Crippen LogP contribution in [0.1, 0.15) is 44.8 Å². The summed E-state index contributed by atoms with van der Waals surface area (Å²) in [6, 6.07) is 7.53. The summed E-state index contributed by atoms with van der Waals surface area (Å²) in [7, 11) is 0. The first kappa shape index (κ1) is 17.3. The van der Waals surface area contributed by atoms with E-state index in [1.807, 2.05) is 48.6 Å². The van der Waals surface area contributed by atoms with Crippen molar-refractivity contribution < 1.29 is 9.53 Å². The fourth-order valence-corrected chi connectivity index (χ4v) is 3.38. The molecule has 1 saturated heterocycles. The van der Waals surface area contributed by atoms with E-state index in [9.17, 15) is 4.79 Å². The third-order valence-corrected chi connectivity index (χ3v) is 4.59. The quantitative estimate of drug-likeness (QED) is 0.891. The van der Waals surface area contributed by atoms with E-state index in [0.29, 0.717) is 6.61 Å². The van der Waals surface area contributed by atoms with Gasteiger partial charge in [-0.05, 0) is 45.2 Å². The minimum atomic E-state index is -0.0674. The van der Waals surface area contributed by atoms with E-state index in [0.717, 1.165) is 49.5 Å². The van der Waals surface area contributed by atoms with Gasteiger partial charge in [-0.25, -0.2) is 9.78 Å². The lowest BCUT2D eigenvalue weighted by Crippen LogP contribution is -2.41. The Labute approximate surface area is 148 Å². The maximum Gasteiger partial charge on any atom is 0.322 e. The van der Waals surface area contributed by atoms with Gasteiger partial charge in [-0.1, -0.05) is 6.07 Å². The molecule has 1 aliphatic rings. The molecule has 1 unspecified atom stereocenters. The molecule has 1 aliphatic heterocycles. The van der Waals surface area contributed by atoms with Gasteiger partial charge in [0, 0.05) is 24.8 Å². The number of amides is 2. The van der Waals surface area contributed by atoms with Crippen LogP contribution in [0.3, 0.4) is 0 Å². The zero-order valence-corrected chi connectivity index (χ0v) is 14.9. The molecule has 1 atom stereocenters. The van der Waals surface area contributed by atoms with Crippen molar-refractivity contribution in [2.24, 2.45) is 0 Å². The monoisotopic (exact) mass is 342 g/mol. The Hall–Kier alpha value is -2.50. The molecular formula is C19H26N4O2. The number of nitrogens with one attached hydrogen (secondary N) is 1. The molecule has 0 spiro atoms. The van der Waals surface area contributed by atoms with Gasteiger partial charge >= 0.3 is 6.03 Å². The molecule has 1 N–H and O–H groups in total. The largest absolute Gasteiger partial charge is 0.494 e. The third-order valence-electron chi connectivity index (χ3n) is 4.59. The van der Waals surface area contributed by atoms with Crippen LogP contribution in [0, 0.1) is 0 Å². The maximum atomic E-state index is 12.9. The molecule has 0 bridgehead atoms. The Morgan fingerprint density at radius 1 is 1.36 bits per heavy atom. The van der Waals surface area contributed by atoms with Crippen LogP contribution in [0.25, 0.3) is 0 Å². The molecule has 1 fully saturated rings. The average molecular weight is 342 g/mol.